The molecule has 2 aliphatic heterocycles. The van der Waals surface area contributed by atoms with E-state index in [1.54, 1.807) is 7.11 Å². The summed E-state index contributed by atoms with van der Waals surface area (Å²) in [5.41, 5.74) is 3.94. The Bertz CT molecular complexity index is 1570. The van der Waals surface area contributed by atoms with Crippen LogP contribution in [0.2, 0.25) is 0 Å². The number of piperazine rings is 1. The molecule has 0 N–H and O–H groups in total. The van der Waals surface area contributed by atoms with Gasteiger partial charge in [-0.05, 0) is 41.1 Å². The van der Waals surface area contributed by atoms with Gasteiger partial charge in [-0.2, -0.15) is 0 Å². The van der Waals surface area contributed by atoms with E-state index in [0.29, 0.717) is 11.0 Å². The van der Waals surface area contributed by atoms with Gasteiger partial charge in [0.05, 0.1) is 32.6 Å². The van der Waals surface area contributed by atoms with Gasteiger partial charge >= 0.3 is 0 Å². The Hall–Kier alpha value is -4.20. The summed E-state index contributed by atoms with van der Waals surface area (Å²) >= 11 is 0. The number of quaternary nitrogens is 1. The van der Waals surface area contributed by atoms with Crippen LogP contribution in [0.3, 0.4) is 0 Å². The average Bonchev–Trinajstić information content (AvgIpc) is 3.58. The van der Waals surface area contributed by atoms with Crippen molar-refractivity contribution < 1.29 is 9.53 Å². The molecule has 1 aromatic heterocycles. The number of rotatable bonds is 6. The number of carbonyl (C=O) groups excluding carboxylic acids is 1. The van der Waals surface area contributed by atoms with Crippen molar-refractivity contribution in [3.63, 3.8) is 0 Å². The smallest absolute Gasteiger partial charge is 0.260 e. The third-order valence-electron chi connectivity index (χ3n) is 7.88. The van der Waals surface area contributed by atoms with E-state index in [9.17, 15) is 4.79 Å². The third-order valence-corrected chi connectivity index (χ3v) is 7.88. The van der Waals surface area contributed by atoms with Gasteiger partial charge in [0.25, 0.3) is 5.91 Å². The minimum atomic E-state index is 0.0883. The second-order valence-corrected chi connectivity index (χ2v) is 10.6. The zero-order chi connectivity index (χ0) is 27.0. The Labute approximate surface area is 229 Å². The van der Waals surface area contributed by atoms with Crippen molar-refractivity contribution in [1.29, 1.82) is 0 Å². The van der Waals surface area contributed by atoms with Crippen molar-refractivity contribution in [1.82, 2.24) is 23.8 Å². The number of imidazole rings is 1. The largest absolute Gasteiger partial charge is 0.497 e. The summed E-state index contributed by atoms with van der Waals surface area (Å²) in [6, 6.07) is 22.8. The first-order valence-electron chi connectivity index (χ1n) is 13.4. The van der Waals surface area contributed by atoms with Crippen LogP contribution in [-0.2, 0) is 11.3 Å². The van der Waals surface area contributed by atoms with Crippen molar-refractivity contribution in [2.24, 2.45) is 0 Å². The van der Waals surface area contributed by atoms with E-state index in [1.165, 1.54) is 0 Å². The van der Waals surface area contributed by atoms with Crippen molar-refractivity contribution in [2.45, 2.75) is 6.54 Å². The number of likely N-dealkylation sites (N-methyl/N-ethyl adjacent to an activating group) is 1. The molecule has 1 fully saturated rings. The molecular formula is C32H34N5O2+. The lowest BCUT2D eigenvalue weighted by Gasteiger charge is -2.32. The van der Waals surface area contributed by atoms with E-state index in [0.717, 1.165) is 70.8 Å². The predicted octanol–water partition coefficient (Wildman–Crippen LogP) is 4.74. The Morgan fingerprint density at radius 2 is 1.69 bits per heavy atom. The van der Waals surface area contributed by atoms with Gasteiger partial charge in [0, 0.05) is 26.2 Å². The zero-order valence-corrected chi connectivity index (χ0v) is 22.7. The monoisotopic (exact) mass is 520 g/mol. The molecule has 39 heavy (non-hydrogen) atoms. The molecule has 3 aromatic carbocycles. The molecule has 7 heteroatoms. The van der Waals surface area contributed by atoms with Crippen LogP contribution in [0.5, 0.6) is 5.75 Å². The Morgan fingerprint density at radius 3 is 2.46 bits per heavy atom. The Balaban J connectivity index is 1.43. The normalized spacial score (nSPS) is 19.7. The van der Waals surface area contributed by atoms with E-state index in [1.807, 2.05) is 29.6 Å². The fraction of sp³-hybridized carbons (Fsp3) is 0.250. The van der Waals surface area contributed by atoms with Crippen LogP contribution in [0.25, 0.3) is 16.3 Å². The van der Waals surface area contributed by atoms with Crippen molar-refractivity contribution in [3.05, 3.63) is 108 Å². The summed E-state index contributed by atoms with van der Waals surface area (Å²) in [6.07, 6.45) is 8.06. The molecular weight excluding hydrogens is 486 g/mol. The van der Waals surface area contributed by atoms with Crippen molar-refractivity contribution in [2.75, 3.05) is 47.4 Å². The van der Waals surface area contributed by atoms with Gasteiger partial charge in [0.1, 0.15) is 29.9 Å². The number of amides is 1. The SMILES string of the molecule is COc1ccc(Cn2cncc2[N+]2(C)C=C(C(=O)N3CCN(C)CC3)C(c3cccc4ccccc34)=C2)cc1. The number of nitrogens with zero attached hydrogens (tertiary/aromatic N) is 5. The van der Waals surface area contributed by atoms with Crippen LogP contribution >= 0.6 is 0 Å². The first kappa shape index (κ1) is 25.1. The summed E-state index contributed by atoms with van der Waals surface area (Å²) in [4.78, 5) is 22.9. The lowest BCUT2D eigenvalue weighted by molar-refractivity contribution is -0.128. The predicted molar refractivity (Wildman–Crippen MR) is 156 cm³/mol. The number of methoxy groups -OCH3 is 1. The van der Waals surface area contributed by atoms with Crippen molar-refractivity contribution in [3.8, 4) is 5.75 Å². The third kappa shape index (κ3) is 4.75. The molecule has 6 rings (SSSR count). The van der Waals surface area contributed by atoms with Gasteiger partial charge in [-0.1, -0.05) is 54.6 Å². The Kier molecular flexibility index (Phi) is 6.54. The van der Waals surface area contributed by atoms with Gasteiger partial charge in [0.15, 0.2) is 0 Å². The lowest BCUT2D eigenvalue weighted by Crippen LogP contribution is -2.47. The molecule has 0 spiro atoms. The maximum absolute atomic E-state index is 14.1. The minimum Gasteiger partial charge on any atom is -0.497 e. The average molecular weight is 521 g/mol. The fourth-order valence-electron chi connectivity index (χ4n) is 5.63. The molecule has 0 aliphatic carbocycles. The quantitative estimate of drug-likeness (QED) is 0.345. The summed E-state index contributed by atoms with van der Waals surface area (Å²) in [6.45, 7) is 3.89. The number of benzene rings is 3. The number of hydrogen-bond donors (Lipinski definition) is 0. The van der Waals surface area contributed by atoms with Gasteiger partial charge < -0.3 is 14.5 Å². The van der Waals surface area contributed by atoms with Crippen LogP contribution in [0.4, 0.5) is 5.82 Å². The highest BCUT2D eigenvalue weighted by Gasteiger charge is 2.39. The van der Waals surface area contributed by atoms with Gasteiger partial charge in [-0.15, -0.1) is 0 Å². The molecule has 7 nitrogen and oxygen atoms in total. The first-order chi connectivity index (χ1) is 18.9. The standard InChI is InChI=1S/C32H34N5O2/c1-34-15-17-35(18-16-34)32(38)30-22-37(2,21-29(30)28-10-6-8-25-7-4-5-9-27(25)28)31-19-33-23-36(31)20-24-11-13-26(39-3)14-12-24/h4-14,19,21-23H,15-18,20H2,1-3H3/q+1. The van der Waals surface area contributed by atoms with E-state index >= 15 is 0 Å². The molecule has 1 unspecified atom stereocenters. The molecule has 2 aliphatic rings. The summed E-state index contributed by atoms with van der Waals surface area (Å²) in [5, 5.41) is 2.30. The molecule has 3 heterocycles. The number of aromatic nitrogens is 2. The first-order valence-corrected chi connectivity index (χ1v) is 13.4. The highest BCUT2D eigenvalue weighted by molar-refractivity contribution is 6.14. The molecule has 198 valence electrons. The summed E-state index contributed by atoms with van der Waals surface area (Å²) in [7, 11) is 5.90. The number of hydrogen-bond acceptors (Lipinski definition) is 4. The van der Waals surface area contributed by atoms with Crippen LogP contribution < -0.4 is 9.22 Å². The second kappa shape index (κ2) is 10.2. The van der Waals surface area contributed by atoms with Gasteiger partial charge in [0.2, 0.25) is 5.82 Å². The van der Waals surface area contributed by atoms with E-state index in [-0.39, 0.29) is 5.91 Å². The maximum Gasteiger partial charge on any atom is 0.260 e. The maximum atomic E-state index is 14.1. The Morgan fingerprint density at radius 1 is 0.949 bits per heavy atom. The topological polar surface area (TPSA) is 50.6 Å². The van der Waals surface area contributed by atoms with Crippen LogP contribution in [0, 0.1) is 0 Å². The fourth-order valence-corrected chi connectivity index (χ4v) is 5.63. The highest BCUT2D eigenvalue weighted by Crippen LogP contribution is 2.40. The molecule has 1 saturated heterocycles. The number of fused-ring (bicyclic) bond motifs is 1. The number of ether oxygens (including phenoxy) is 1. The molecule has 0 bridgehead atoms. The van der Waals surface area contributed by atoms with Crippen molar-refractivity contribution >= 4 is 28.1 Å². The molecule has 0 saturated carbocycles. The van der Waals surface area contributed by atoms with E-state index < -0.39 is 0 Å². The molecule has 0 radical (unpaired) electrons. The highest BCUT2D eigenvalue weighted by atomic mass is 16.5. The zero-order valence-electron chi connectivity index (χ0n) is 22.7. The van der Waals surface area contributed by atoms with Crippen LogP contribution in [-0.4, -0.2) is 72.6 Å². The molecule has 1 amide bonds. The summed E-state index contributed by atoms with van der Waals surface area (Å²) < 4.78 is 7.83. The van der Waals surface area contributed by atoms with E-state index in [2.05, 4.69) is 95.5 Å². The number of carbonyl (C=O) groups is 1. The van der Waals surface area contributed by atoms with Crippen LogP contribution in [0.1, 0.15) is 11.1 Å². The second-order valence-electron chi connectivity index (χ2n) is 10.6. The minimum absolute atomic E-state index is 0.0883. The van der Waals surface area contributed by atoms with E-state index in [4.69, 9.17) is 4.74 Å². The molecule has 1 atom stereocenters. The lowest BCUT2D eigenvalue weighted by atomic mass is 9.94. The van der Waals surface area contributed by atoms with Gasteiger partial charge in [-0.25, -0.2) is 9.47 Å². The van der Waals surface area contributed by atoms with Gasteiger partial charge in [-0.3, -0.25) is 9.36 Å². The molecule has 4 aromatic rings. The van der Waals surface area contributed by atoms with Crippen LogP contribution in [0.15, 0.2) is 97.2 Å². The summed E-state index contributed by atoms with van der Waals surface area (Å²) in [5.74, 6) is 1.91.